The summed E-state index contributed by atoms with van der Waals surface area (Å²) >= 11 is 5.62. The molecule has 0 saturated carbocycles. The summed E-state index contributed by atoms with van der Waals surface area (Å²) < 4.78 is 5.69. The lowest BCUT2D eigenvalue weighted by Crippen LogP contribution is -2.00. The van der Waals surface area contributed by atoms with E-state index in [2.05, 4.69) is 0 Å². The predicted molar refractivity (Wildman–Crippen MR) is 68.8 cm³/mol. The van der Waals surface area contributed by atoms with Gasteiger partial charge in [-0.3, -0.25) is 4.79 Å². The molecule has 0 unspecified atom stereocenters. The van der Waals surface area contributed by atoms with E-state index >= 15 is 0 Å². The SMILES string of the molecule is O=C(CCl)c1cccc2oc3ccccc3c12. The van der Waals surface area contributed by atoms with Gasteiger partial charge in [-0.1, -0.05) is 30.3 Å². The number of hydrogen-bond donors (Lipinski definition) is 0. The van der Waals surface area contributed by atoms with Crippen LogP contribution in [0.25, 0.3) is 21.9 Å². The van der Waals surface area contributed by atoms with Crippen LogP contribution in [-0.2, 0) is 0 Å². The van der Waals surface area contributed by atoms with Gasteiger partial charge in [-0.15, -0.1) is 11.6 Å². The number of benzene rings is 2. The van der Waals surface area contributed by atoms with Crippen molar-refractivity contribution >= 4 is 39.3 Å². The first-order valence-electron chi connectivity index (χ1n) is 5.30. The van der Waals surface area contributed by atoms with E-state index in [1.807, 2.05) is 36.4 Å². The second kappa shape index (κ2) is 3.90. The van der Waals surface area contributed by atoms with E-state index in [4.69, 9.17) is 16.0 Å². The monoisotopic (exact) mass is 244 g/mol. The summed E-state index contributed by atoms with van der Waals surface area (Å²) in [7, 11) is 0. The quantitative estimate of drug-likeness (QED) is 0.504. The fourth-order valence-corrected chi connectivity index (χ4v) is 2.22. The lowest BCUT2D eigenvalue weighted by molar-refractivity contribution is 0.102. The normalized spacial score (nSPS) is 11.1. The van der Waals surface area contributed by atoms with Gasteiger partial charge < -0.3 is 4.42 Å². The zero-order valence-corrected chi connectivity index (χ0v) is 9.70. The molecule has 0 bridgehead atoms. The van der Waals surface area contributed by atoms with Crippen LogP contribution in [0.2, 0.25) is 0 Å². The van der Waals surface area contributed by atoms with E-state index in [1.165, 1.54) is 0 Å². The zero-order valence-electron chi connectivity index (χ0n) is 8.94. The molecule has 0 fully saturated rings. The van der Waals surface area contributed by atoms with E-state index < -0.39 is 0 Å². The summed E-state index contributed by atoms with van der Waals surface area (Å²) in [4.78, 5) is 11.8. The highest BCUT2D eigenvalue weighted by Crippen LogP contribution is 2.31. The molecule has 0 N–H and O–H groups in total. The standard InChI is InChI=1S/C14H9ClO2/c15-8-11(16)9-5-3-7-13-14(9)10-4-1-2-6-12(10)17-13/h1-7H,8H2. The van der Waals surface area contributed by atoms with Crippen molar-refractivity contribution in [3.63, 3.8) is 0 Å². The summed E-state index contributed by atoms with van der Waals surface area (Å²) in [5.74, 6) is -0.0951. The van der Waals surface area contributed by atoms with E-state index in [-0.39, 0.29) is 11.7 Å². The fraction of sp³-hybridized carbons (Fsp3) is 0.0714. The van der Waals surface area contributed by atoms with Gasteiger partial charge in [0.15, 0.2) is 5.78 Å². The fourth-order valence-electron chi connectivity index (χ4n) is 2.08. The van der Waals surface area contributed by atoms with Gasteiger partial charge in [0, 0.05) is 16.3 Å². The average Bonchev–Trinajstić information content (AvgIpc) is 2.76. The first kappa shape index (κ1) is 10.4. The smallest absolute Gasteiger partial charge is 0.178 e. The molecule has 84 valence electrons. The Hall–Kier alpha value is -1.80. The third-order valence-electron chi connectivity index (χ3n) is 2.82. The van der Waals surface area contributed by atoms with Gasteiger partial charge in [-0.05, 0) is 12.1 Å². The Morgan fingerprint density at radius 3 is 2.65 bits per heavy atom. The molecular formula is C14H9ClO2. The second-order valence-corrected chi connectivity index (χ2v) is 4.10. The predicted octanol–water partition coefficient (Wildman–Crippen LogP) is 4.01. The van der Waals surface area contributed by atoms with Gasteiger partial charge in [-0.25, -0.2) is 0 Å². The number of carbonyl (C=O) groups excluding carboxylic acids is 1. The summed E-state index contributed by atoms with van der Waals surface area (Å²) in [6.45, 7) is 0. The summed E-state index contributed by atoms with van der Waals surface area (Å²) in [5.41, 5.74) is 2.14. The number of Topliss-reactive ketones (excluding diaryl/α,β-unsaturated/α-hetero) is 1. The number of carbonyl (C=O) groups is 1. The Bertz CT molecular complexity index is 712. The van der Waals surface area contributed by atoms with Crippen molar-refractivity contribution in [2.75, 3.05) is 5.88 Å². The molecule has 0 saturated heterocycles. The number of hydrogen-bond acceptors (Lipinski definition) is 2. The summed E-state index contributed by atoms with van der Waals surface area (Å²) in [6.07, 6.45) is 0. The Balaban J connectivity index is 2.47. The minimum absolute atomic E-state index is 0.0153. The van der Waals surface area contributed by atoms with Crippen molar-refractivity contribution in [1.82, 2.24) is 0 Å². The number of ketones is 1. The van der Waals surface area contributed by atoms with Gasteiger partial charge in [0.1, 0.15) is 11.2 Å². The molecule has 1 aromatic heterocycles. The highest BCUT2D eigenvalue weighted by Gasteiger charge is 2.14. The number of furan rings is 1. The van der Waals surface area contributed by atoms with E-state index in [1.54, 1.807) is 6.07 Å². The van der Waals surface area contributed by atoms with E-state index in [9.17, 15) is 4.79 Å². The van der Waals surface area contributed by atoms with Crippen LogP contribution in [0.5, 0.6) is 0 Å². The maximum absolute atomic E-state index is 11.8. The number of para-hydroxylation sites is 1. The van der Waals surface area contributed by atoms with Crippen molar-refractivity contribution < 1.29 is 9.21 Å². The van der Waals surface area contributed by atoms with Gasteiger partial charge >= 0.3 is 0 Å². The third kappa shape index (κ3) is 1.53. The maximum Gasteiger partial charge on any atom is 0.178 e. The molecule has 0 aliphatic heterocycles. The topological polar surface area (TPSA) is 30.2 Å². The van der Waals surface area contributed by atoms with Crippen molar-refractivity contribution in [3.05, 3.63) is 48.0 Å². The van der Waals surface area contributed by atoms with Crippen LogP contribution >= 0.6 is 11.6 Å². The van der Waals surface area contributed by atoms with Crippen molar-refractivity contribution in [2.45, 2.75) is 0 Å². The van der Waals surface area contributed by atoms with Crippen LogP contribution in [0.4, 0.5) is 0 Å². The Labute approximate surface area is 103 Å². The lowest BCUT2D eigenvalue weighted by Gasteiger charge is -1.98. The molecule has 17 heavy (non-hydrogen) atoms. The number of rotatable bonds is 2. The Morgan fingerprint density at radius 1 is 1.06 bits per heavy atom. The van der Waals surface area contributed by atoms with Crippen LogP contribution in [0.3, 0.4) is 0 Å². The zero-order chi connectivity index (χ0) is 11.8. The summed E-state index contributed by atoms with van der Waals surface area (Å²) in [5, 5.41) is 1.81. The molecule has 2 nitrogen and oxygen atoms in total. The molecule has 0 aliphatic rings. The van der Waals surface area contributed by atoms with Gasteiger partial charge in [0.2, 0.25) is 0 Å². The molecular weight excluding hydrogens is 236 g/mol. The first-order valence-corrected chi connectivity index (χ1v) is 5.84. The molecule has 3 aromatic rings. The van der Waals surface area contributed by atoms with E-state index in [0.29, 0.717) is 5.56 Å². The second-order valence-electron chi connectivity index (χ2n) is 3.83. The average molecular weight is 245 g/mol. The van der Waals surface area contributed by atoms with Crippen LogP contribution in [-0.4, -0.2) is 11.7 Å². The van der Waals surface area contributed by atoms with Gasteiger partial charge in [-0.2, -0.15) is 0 Å². The summed E-state index contributed by atoms with van der Waals surface area (Å²) in [6, 6.07) is 13.1. The highest BCUT2D eigenvalue weighted by atomic mass is 35.5. The molecule has 0 aliphatic carbocycles. The molecule has 0 spiro atoms. The van der Waals surface area contributed by atoms with Crippen LogP contribution in [0.15, 0.2) is 46.9 Å². The van der Waals surface area contributed by atoms with Gasteiger partial charge in [0.05, 0.1) is 5.88 Å². The van der Waals surface area contributed by atoms with Gasteiger partial charge in [0.25, 0.3) is 0 Å². The highest BCUT2D eigenvalue weighted by molar-refractivity contribution is 6.32. The number of fused-ring (bicyclic) bond motifs is 3. The Morgan fingerprint density at radius 2 is 1.82 bits per heavy atom. The molecule has 2 aromatic carbocycles. The molecule has 0 amide bonds. The van der Waals surface area contributed by atoms with Crippen molar-refractivity contribution in [1.29, 1.82) is 0 Å². The molecule has 0 atom stereocenters. The Kier molecular flexibility index (Phi) is 2.37. The van der Waals surface area contributed by atoms with Crippen LogP contribution in [0.1, 0.15) is 10.4 Å². The molecule has 1 heterocycles. The third-order valence-corrected chi connectivity index (χ3v) is 3.07. The van der Waals surface area contributed by atoms with Crippen LogP contribution in [0, 0.1) is 0 Å². The minimum atomic E-state index is -0.0798. The van der Waals surface area contributed by atoms with Crippen molar-refractivity contribution in [3.8, 4) is 0 Å². The molecule has 3 rings (SSSR count). The lowest BCUT2D eigenvalue weighted by atomic mass is 10.0. The number of halogens is 1. The molecule has 0 radical (unpaired) electrons. The largest absolute Gasteiger partial charge is 0.456 e. The van der Waals surface area contributed by atoms with Crippen LogP contribution < -0.4 is 0 Å². The van der Waals surface area contributed by atoms with Crippen molar-refractivity contribution in [2.24, 2.45) is 0 Å². The molecule has 3 heteroatoms. The maximum atomic E-state index is 11.8. The minimum Gasteiger partial charge on any atom is -0.456 e. The van der Waals surface area contributed by atoms with E-state index in [0.717, 1.165) is 21.9 Å². The first-order chi connectivity index (χ1) is 8.31. The number of alkyl halides is 1.